The summed E-state index contributed by atoms with van der Waals surface area (Å²) in [6.45, 7) is 4.72. The van der Waals surface area contributed by atoms with Crippen LogP contribution < -0.4 is 0 Å². The quantitative estimate of drug-likeness (QED) is 0.586. The van der Waals surface area contributed by atoms with Crippen molar-refractivity contribution in [3.05, 3.63) is 71.8 Å². The first-order chi connectivity index (χ1) is 9.68. The molecule has 2 unspecified atom stereocenters. The van der Waals surface area contributed by atoms with Crippen LogP contribution in [0.3, 0.4) is 0 Å². The van der Waals surface area contributed by atoms with Crippen molar-refractivity contribution in [2.45, 2.75) is 20.0 Å². The number of hydrogen-bond donors (Lipinski definition) is 0. The van der Waals surface area contributed by atoms with E-state index in [0.29, 0.717) is 18.1 Å². The van der Waals surface area contributed by atoms with Crippen molar-refractivity contribution in [1.29, 1.82) is 0 Å². The van der Waals surface area contributed by atoms with Crippen molar-refractivity contribution >= 4 is 15.7 Å². The van der Waals surface area contributed by atoms with Gasteiger partial charge < -0.3 is 4.74 Å². The summed E-state index contributed by atoms with van der Waals surface area (Å²) in [6.07, 6.45) is -0.527. The number of Topliss-reactive ketones (excluding diaryl/α,β-unsaturated/α-hetero) is 1. The highest BCUT2D eigenvalue weighted by atomic mass is 31.0. The molecule has 112 valence electrons. The van der Waals surface area contributed by atoms with E-state index in [0.717, 1.165) is 5.56 Å². The zero-order valence-corrected chi connectivity index (χ0v) is 14.1. The summed E-state index contributed by atoms with van der Waals surface area (Å²) in [5, 5.41) is 0. The Morgan fingerprint density at radius 2 is 1.48 bits per heavy atom. The Labute approximate surface area is 130 Å². The molecule has 0 bridgehead atoms. The monoisotopic (exact) mass is 302 g/mol. The van der Waals surface area contributed by atoms with Crippen molar-refractivity contribution in [2.24, 2.45) is 5.92 Å². The number of ether oxygens (including phenoxy) is 1. The summed E-state index contributed by atoms with van der Waals surface area (Å²) in [7, 11) is 0. The Bertz CT molecular complexity index is 538. The van der Waals surface area contributed by atoms with E-state index in [1.54, 1.807) is 0 Å². The van der Waals surface area contributed by atoms with Gasteiger partial charge in [0, 0.05) is 5.56 Å². The third-order valence-electron chi connectivity index (χ3n) is 2.99. The van der Waals surface area contributed by atoms with E-state index in [1.807, 2.05) is 60.7 Å². The fourth-order valence-electron chi connectivity index (χ4n) is 1.99. The third kappa shape index (κ3) is 5.08. The molecule has 0 aliphatic carbocycles. The van der Waals surface area contributed by atoms with Gasteiger partial charge in [-0.25, -0.2) is 0 Å². The Kier molecular flexibility index (Phi) is 7.28. The molecule has 0 radical (unpaired) electrons. The molecule has 2 nitrogen and oxygen atoms in total. The van der Waals surface area contributed by atoms with Gasteiger partial charge >= 0.3 is 0 Å². The van der Waals surface area contributed by atoms with E-state index >= 15 is 0 Å². The molecule has 0 N–H and O–H groups in total. The first kappa shape index (κ1) is 17.6. The second-order valence-electron chi connectivity index (χ2n) is 5.25. The van der Waals surface area contributed by atoms with Crippen molar-refractivity contribution in [3.63, 3.8) is 0 Å². The summed E-state index contributed by atoms with van der Waals surface area (Å²) >= 11 is 0. The van der Waals surface area contributed by atoms with Crippen molar-refractivity contribution in [3.8, 4) is 0 Å². The lowest BCUT2D eigenvalue weighted by atomic mass is 10.00. The molecule has 0 amide bonds. The summed E-state index contributed by atoms with van der Waals surface area (Å²) in [5.41, 5.74) is 1.59. The van der Waals surface area contributed by atoms with Crippen molar-refractivity contribution in [1.82, 2.24) is 0 Å². The third-order valence-corrected chi connectivity index (χ3v) is 2.99. The first-order valence-electron chi connectivity index (χ1n) is 6.94. The van der Waals surface area contributed by atoms with Crippen LogP contribution in [-0.2, 0) is 4.74 Å². The second-order valence-corrected chi connectivity index (χ2v) is 5.25. The molecule has 0 heterocycles. The minimum Gasteiger partial charge on any atom is -0.365 e. The molecule has 2 aromatic carbocycles. The number of hydrogen-bond acceptors (Lipinski definition) is 2. The average Bonchev–Trinajstić information content (AvgIpc) is 2.49. The van der Waals surface area contributed by atoms with Crippen LogP contribution in [0.1, 0.15) is 35.9 Å². The molecule has 0 aliphatic rings. The lowest BCUT2D eigenvalue weighted by Crippen LogP contribution is -2.18. The highest BCUT2D eigenvalue weighted by molar-refractivity contribution is 6.92. The van der Waals surface area contributed by atoms with E-state index < -0.39 is 6.10 Å². The molecule has 2 rings (SSSR count). The summed E-state index contributed by atoms with van der Waals surface area (Å²) in [6, 6.07) is 19.0. The molecular formula is C18H23O2P. The van der Waals surface area contributed by atoms with Gasteiger partial charge in [-0.1, -0.05) is 74.5 Å². The van der Waals surface area contributed by atoms with Gasteiger partial charge in [0.05, 0.1) is 6.61 Å². The molecule has 3 heteroatoms. The molecule has 21 heavy (non-hydrogen) atoms. The summed E-state index contributed by atoms with van der Waals surface area (Å²) in [4.78, 5) is 12.6. The normalized spacial score (nSPS) is 11.8. The molecule has 0 aromatic heterocycles. The van der Waals surface area contributed by atoms with Crippen LogP contribution in [0.2, 0.25) is 0 Å². The summed E-state index contributed by atoms with van der Waals surface area (Å²) in [5.74, 6) is 0.405. The van der Waals surface area contributed by atoms with Crippen molar-refractivity contribution < 1.29 is 9.53 Å². The maximum Gasteiger partial charge on any atom is 0.196 e. The standard InChI is InChI=1S/C18H20O2.H3P/c1-14(2)13-20-18(16-11-7-4-8-12-16)17(19)15-9-5-3-6-10-15;/h3-12,14,18H,13H2,1-2H3;1H3. The van der Waals surface area contributed by atoms with E-state index in [1.165, 1.54) is 0 Å². The molecule has 2 atom stereocenters. The van der Waals surface area contributed by atoms with E-state index in [9.17, 15) is 4.79 Å². The number of carbonyl (C=O) groups is 1. The Morgan fingerprint density at radius 1 is 0.952 bits per heavy atom. The van der Waals surface area contributed by atoms with E-state index in [2.05, 4.69) is 13.8 Å². The molecule has 0 saturated carbocycles. The van der Waals surface area contributed by atoms with E-state index in [-0.39, 0.29) is 15.7 Å². The lowest BCUT2D eigenvalue weighted by Gasteiger charge is -2.18. The lowest BCUT2D eigenvalue weighted by molar-refractivity contribution is 0.0308. The Hall–Kier alpha value is -1.50. The highest BCUT2D eigenvalue weighted by Gasteiger charge is 2.22. The van der Waals surface area contributed by atoms with Gasteiger partial charge in [-0.2, -0.15) is 9.90 Å². The summed E-state index contributed by atoms with van der Waals surface area (Å²) < 4.78 is 5.86. The van der Waals surface area contributed by atoms with Crippen molar-refractivity contribution in [2.75, 3.05) is 6.61 Å². The highest BCUT2D eigenvalue weighted by Crippen LogP contribution is 2.23. The molecule has 0 fully saturated rings. The van der Waals surface area contributed by atoms with Crippen LogP contribution in [0, 0.1) is 5.92 Å². The van der Waals surface area contributed by atoms with Gasteiger partial charge in [-0.05, 0) is 11.5 Å². The fraction of sp³-hybridized carbons (Fsp3) is 0.278. The molecule has 0 saturated heterocycles. The maximum absolute atomic E-state index is 12.6. The van der Waals surface area contributed by atoms with Gasteiger partial charge in [0.15, 0.2) is 5.78 Å². The van der Waals surface area contributed by atoms with Crippen LogP contribution in [0.4, 0.5) is 0 Å². The van der Waals surface area contributed by atoms with Crippen LogP contribution in [-0.4, -0.2) is 12.4 Å². The van der Waals surface area contributed by atoms with Crippen LogP contribution in [0.15, 0.2) is 60.7 Å². The van der Waals surface area contributed by atoms with Crippen LogP contribution >= 0.6 is 9.90 Å². The zero-order valence-electron chi connectivity index (χ0n) is 12.7. The number of rotatable bonds is 6. The minimum atomic E-state index is -0.527. The smallest absolute Gasteiger partial charge is 0.196 e. The predicted molar refractivity (Wildman–Crippen MR) is 91.9 cm³/mol. The second kappa shape index (κ2) is 8.71. The Morgan fingerprint density at radius 3 is 2.00 bits per heavy atom. The zero-order chi connectivity index (χ0) is 14.4. The molecule has 0 spiro atoms. The average molecular weight is 302 g/mol. The topological polar surface area (TPSA) is 26.3 Å². The molecule has 2 aromatic rings. The molecule has 0 aliphatic heterocycles. The van der Waals surface area contributed by atoms with Crippen LogP contribution in [0.5, 0.6) is 0 Å². The van der Waals surface area contributed by atoms with E-state index in [4.69, 9.17) is 4.74 Å². The minimum absolute atomic E-state index is 0. The largest absolute Gasteiger partial charge is 0.365 e. The van der Waals surface area contributed by atoms with Gasteiger partial charge in [0.1, 0.15) is 6.10 Å². The maximum atomic E-state index is 12.6. The number of benzene rings is 2. The van der Waals surface area contributed by atoms with Gasteiger partial charge in [-0.3, -0.25) is 4.79 Å². The first-order valence-corrected chi connectivity index (χ1v) is 6.94. The molecular weight excluding hydrogens is 279 g/mol. The number of carbonyl (C=O) groups excluding carboxylic acids is 1. The SMILES string of the molecule is CC(C)COC(C(=O)c1ccccc1)c1ccccc1.P. The van der Waals surface area contributed by atoms with Gasteiger partial charge in [0.25, 0.3) is 0 Å². The Balaban J connectivity index is 0.00000220. The fourth-order valence-corrected chi connectivity index (χ4v) is 1.99. The van der Waals surface area contributed by atoms with Gasteiger partial charge in [-0.15, -0.1) is 0 Å². The predicted octanol–water partition coefficient (Wildman–Crippen LogP) is 4.34. The van der Waals surface area contributed by atoms with Gasteiger partial charge in [0.2, 0.25) is 0 Å². The van der Waals surface area contributed by atoms with Crippen LogP contribution in [0.25, 0.3) is 0 Å². The number of ketones is 1.